The van der Waals surface area contributed by atoms with Crippen LogP contribution in [-0.4, -0.2) is 61.6 Å². The van der Waals surface area contributed by atoms with Gasteiger partial charge in [0.05, 0.1) is 12.7 Å². The first-order valence-electron chi connectivity index (χ1n) is 5.75. The fraction of sp³-hybridized carbons (Fsp3) is 0.909. The zero-order valence-corrected chi connectivity index (χ0v) is 10.0. The molecule has 4 nitrogen and oxygen atoms in total. The van der Waals surface area contributed by atoms with E-state index in [1.54, 1.807) is 4.90 Å². The fourth-order valence-corrected chi connectivity index (χ4v) is 1.86. The Balaban J connectivity index is 2.34. The molecule has 88 valence electrons. The zero-order valence-electron chi connectivity index (χ0n) is 10.0. The molecule has 1 heterocycles. The molecule has 0 unspecified atom stereocenters. The highest BCUT2D eigenvalue weighted by atomic mass is 16.5. The molecule has 0 aromatic heterocycles. The summed E-state index contributed by atoms with van der Waals surface area (Å²) in [7, 11) is 1.85. The van der Waals surface area contributed by atoms with Crippen LogP contribution in [-0.2, 0) is 9.53 Å². The number of amides is 1. The lowest BCUT2D eigenvalue weighted by molar-refractivity contribution is -0.132. The normalized spacial score (nSPS) is 22.7. The standard InChI is InChI=1S/C11H22N2O2/c1-4-11(14)12(3)8-10-9-13(5-2)6-7-15-10/h10H,4-9H2,1-3H3/t10-/m0/s1. The van der Waals surface area contributed by atoms with Crippen LogP contribution in [0.3, 0.4) is 0 Å². The highest BCUT2D eigenvalue weighted by molar-refractivity contribution is 5.75. The molecule has 0 N–H and O–H groups in total. The van der Waals surface area contributed by atoms with Gasteiger partial charge in [-0.3, -0.25) is 9.69 Å². The van der Waals surface area contributed by atoms with E-state index in [4.69, 9.17) is 4.74 Å². The van der Waals surface area contributed by atoms with E-state index in [1.165, 1.54) is 0 Å². The molecule has 15 heavy (non-hydrogen) atoms. The molecule has 0 aromatic carbocycles. The minimum atomic E-state index is 0.180. The molecule has 1 atom stereocenters. The number of nitrogens with zero attached hydrogens (tertiary/aromatic N) is 2. The van der Waals surface area contributed by atoms with Crippen molar-refractivity contribution < 1.29 is 9.53 Å². The lowest BCUT2D eigenvalue weighted by Gasteiger charge is -2.34. The van der Waals surface area contributed by atoms with Gasteiger partial charge < -0.3 is 9.64 Å². The predicted molar refractivity (Wildman–Crippen MR) is 59.8 cm³/mol. The summed E-state index contributed by atoms with van der Waals surface area (Å²) < 4.78 is 5.64. The maximum atomic E-state index is 11.4. The minimum absolute atomic E-state index is 0.180. The average molecular weight is 214 g/mol. The Bertz CT molecular complexity index is 209. The predicted octanol–water partition coefficient (Wildman–Crippen LogP) is 0.575. The van der Waals surface area contributed by atoms with Crippen LogP contribution in [0, 0.1) is 0 Å². The van der Waals surface area contributed by atoms with Crippen molar-refractivity contribution in [2.45, 2.75) is 26.4 Å². The lowest BCUT2D eigenvalue weighted by Crippen LogP contribution is -2.47. The second-order valence-electron chi connectivity index (χ2n) is 4.01. The van der Waals surface area contributed by atoms with Crippen LogP contribution in [0.5, 0.6) is 0 Å². The Hall–Kier alpha value is -0.610. The van der Waals surface area contributed by atoms with Crippen molar-refractivity contribution in [3.63, 3.8) is 0 Å². The van der Waals surface area contributed by atoms with Gasteiger partial charge in [0.15, 0.2) is 0 Å². The van der Waals surface area contributed by atoms with Gasteiger partial charge in [-0.15, -0.1) is 0 Å². The highest BCUT2D eigenvalue weighted by Crippen LogP contribution is 2.06. The van der Waals surface area contributed by atoms with Crippen molar-refractivity contribution in [1.82, 2.24) is 9.80 Å². The van der Waals surface area contributed by atoms with Crippen LogP contribution in [0.1, 0.15) is 20.3 Å². The first-order valence-corrected chi connectivity index (χ1v) is 5.75. The largest absolute Gasteiger partial charge is 0.374 e. The molecule has 0 spiro atoms. The third-order valence-corrected chi connectivity index (χ3v) is 2.88. The van der Waals surface area contributed by atoms with Crippen molar-refractivity contribution in [2.24, 2.45) is 0 Å². The van der Waals surface area contributed by atoms with E-state index < -0.39 is 0 Å². The lowest BCUT2D eigenvalue weighted by atomic mass is 10.2. The molecule has 1 aliphatic heterocycles. The third-order valence-electron chi connectivity index (χ3n) is 2.88. The fourth-order valence-electron chi connectivity index (χ4n) is 1.86. The summed E-state index contributed by atoms with van der Waals surface area (Å²) in [6.45, 7) is 8.56. The number of hydrogen-bond donors (Lipinski definition) is 0. The van der Waals surface area contributed by atoms with E-state index in [-0.39, 0.29) is 12.0 Å². The number of hydrogen-bond acceptors (Lipinski definition) is 3. The van der Waals surface area contributed by atoms with Gasteiger partial charge in [-0.2, -0.15) is 0 Å². The van der Waals surface area contributed by atoms with Crippen LogP contribution in [0.2, 0.25) is 0 Å². The molecule has 0 aromatic rings. The van der Waals surface area contributed by atoms with Crippen LogP contribution < -0.4 is 0 Å². The number of likely N-dealkylation sites (N-methyl/N-ethyl adjacent to an activating group) is 2. The van der Waals surface area contributed by atoms with E-state index in [0.717, 1.165) is 26.2 Å². The monoisotopic (exact) mass is 214 g/mol. The number of carbonyl (C=O) groups excluding carboxylic acids is 1. The minimum Gasteiger partial charge on any atom is -0.374 e. The second-order valence-corrected chi connectivity index (χ2v) is 4.01. The van der Waals surface area contributed by atoms with Crippen molar-refractivity contribution in [3.05, 3.63) is 0 Å². The molecule has 1 saturated heterocycles. The van der Waals surface area contributed by atoms with E-state index >= 15 is 0 Å². The van der Waals surface area contributed by atoms with Gasteiger partial charge in [0.25, 0.3) is 0 Å². The SMILES string of the molecule is CCC(=O)N(C)C[C@H]1CN(CC)CCO1. The smallest absolute Gasteiger partial charge is 0.222 e. The molecule has 4 heteroatoms. The first kappa shape index (κ1) is 12.5. The summed E-state index contributed by atoms with van der Waals surface area (Å²) in [5.41, 5.74) is 0. The molecule has 0 saturated carbocycles. The maximum absolute atomic E-state index is 11.4. The van der Waals surface area contributed by atoms with Gasteiger partial charge in [0, 0.05) is 33.1 Å². The quantitative estimate of drug-likeness (QED) is 0.686. The molecule has 1 rings (SSSR count). The van der Waals surface area contributed by atoms with Crippen LogP contribution >= 0.6 is 0 Å². The van der Waals surface area contributed by atoms with E-state index in [9.17, 15) is 4.79 Å². The van der Waals surface area contributed by atoms with Gasteiger partial charge in [-0.25, -0.2) is 0 Å². The first-order chi connectivity index (χ1) is 7.17. The molecular weight excluding hydrogens is 192 g/mol. The topological polar surface area (TPSA) is 32.8 Å². The van der Waals surface area contributed by atoms with E-state index in [2.05, 4.69) is 11.8 Å². The summed E-state index contributed by atoms with van der Waals surface area (Å²) in [6, 6.07) is 0. The number of rotatable bonds is 4. The summed E-state index contributed by atoms with van der Waals surface area (Å²) in [6.07, 6.45) is 0.750. The Labute approximate surface area is 92.2 Å². The Kier molecular flexibility index (Phi) is 5.05. The van der Waals surface area contributed by atoms with Crippen molar-refractivity contribution in [1.29, 1.82) is 0 Å². The van der Waals surface area contributed by atoms with Crippen LogP contribution in [0.15, 0.2) is 0 Å². The molecule has 0 bridgehead atoms. The Morgan fingerprint density at radius 2 is 2.27 bits per heavy atom. The van der Waals surface area contributed by atoms with Crippen LogP contribution in [0.4, 0.5) is 0 Å². The molecular formula is C11H22N2O2. The third kappa shape index (κ3) is 3.80. The van der Waals surface area contributed by atoms with Gasteiger partial charge in [-0.1, -0.05) is 13.8 Å². The molecule has 1 fully saturated rings. The summed E-state index contributed by atoms with van der Waals surface area (Å²) in [5, 5.41) is 0. The molecule has 0 radical (unpaired) electrons. The molecule has 0 aliphatic carbocycles. The Morgan fingerprint density at radius 3 is 2.87 bits per heavy atom. The summed E-state index contributed by atoms with van der Waals surface area (Å²) >= 11 is 0. The summed E-state index contributed by atoms with van der Waals surface area (Å²) in [4.78, 5) is 15.5. The van der Waals surface area contributed by atoms with Gasteiger partial charge in [0.2, 0.25) is 5.91 Å². The maximum Gasteiger partial charge on any atom is 0.222 e. The van der Waals surface area contributed by atoms with E-state index in [0.29, 0.717) is 13.0 Å². The molecule has 1 aliphatic rings. The molecule has 1 amide bonds. The number of morpholine rings is 1. The average Bonchev–Trinajstić information content (AvgIpc) is 2.28. The van der Waals surface area contributed by atoms with Crippen LogP contribution in [0.25, 0.3) is 0 Å². The Morgan fingerprint density at radius 1 is 1.53 bits per heavy atom. The van der Waals surface area contributed by atoms with Gasteiger partial charge in [-0.05, 0) is 6.54 Å². The summed E-state index contributed by atoms with van der Waals surface area (Å²) in [5.74, 6) is 0.187. The number of carbonyl (C=O) groups is 1. The zero-order chi connectivity index (χ0) is 11.3. The van der Waals surface area contributed by atoms with Crippen molar-refractivity contribution in [2.75, 3.05) is 39.8 Å². The second kappa shape index (κ2) is 6.08. The van der Waals surface area contributed by atoms with Gasteiger partial charge in [0.1, 0.15) is 0 Å². The van der Waals surface area contributed by atoms with Crippen molar-refractivity contribution >= 4 is 5.91 Å². The highest BCUT2D eigenvalue weighted by Gasteiger charge is 2.21. The van der Waals surface area contributed by atoms with Gasteiger partial charge >= 0.3 is 0 Å². The van der Waals surface area contributed by atoms with Crippen molar-refractivity contribution in [3.8, 4) is 0 Å². The number of ether oxygens (including phenoxy) is 1. The van der Waals surface area contributed by atoms with E-state index in [1.807, 2.05) is 14.0 Å².